The third-order valence-electron chi connectivity index (χ3n) is 5.39. The van der Waals surface area contributed by atoms with E-state index in [1.54, 1.807) is 0 Å². The average Bonchev–Trinajstić information content (AvgIpc) is 3.46. The minimum Gasteiger partial charge on any atom is -0.376 e. The number of carbonyl (C=O) groups is 1. The van der Waals surface area contributed by atoms with Crippen molar-refractivity contribution in [2.45, 2.75) is 44.8 Å². The summed E-state index contributed by atoms with van der Waals surface area (Å²) in [5.74, 6) is 1.31. The van der Waals surface area contributed by atoms with Crippen LogP contribution in [0, 0.1) is 0 Å². The summed E-state index contributed by atoms with van der Waals surface area (Å²) in [7, 11) is 0. The Morgan fingerprint density at radius 3 is 2.53 bits per heavy atom. The highest BCUT2D eigenvalue weighted by atomic mass is 16.5. The molecule has 2 aromatic carbocycles. The summed E-state index contributed by atoms with van der Waals surface area (Å²) in [6.45, 7) is 1.84. The van der Waals surface area contributed by atoms with Crippen molar-refractivity contribution in [1.82, 2.24) is 15.0 Å². The molecule has 0 N–H and O–H groups in total. The number of nitrogens with zero attached hydrogens (tertiary/aromatic N) is 3. The van der Waals surface area contributed by atoms with Crippen LogP contribution in [-0.2, 0) is 29.0 Å². The number of benzene rings is 2. The molecule has 1 fully saturated rings. The maximum absolute atomic E-state index is 12.8. The Morgan fingerprint density at radius 2 is 1.77 bits per heavy atom. The van der Waals surface area contributed by atoms with Gasteiger partial charge < -0.3 is 14.2 Å². The Balaban J connectivity index is 1.27. The number of carbonyl (C=O) groups excluding carboxylic acids is 1. The topological polar surface area (TPSA) is 68.5 Å². The van der Waals surface area contributed by atoms with E-state index in [2.05, 4.69) is 22.3 Å². The van der Waals surface area contributed by atoms with Crippen molar-refractivity contribution in [3.8, 4) is 0 Å². The number of likely N-dealkylation sites (tertiary alicyclic amines) is 1. The molecular formula is C24H27N3O3. The molecule has 0 spiro atoms. The molecule has 30 heavy (non-hydrogen) atoms. The van der Waals surface area contributed by atoms with E-state index >= 15 is 0 Å². The Bertz CT molecular complexity index is 927. The van der Waals surface area contributed by atoms with Crippen molar-refractivity contribution in [3.05, 3.63) is 83.5 Å². The second-order valence-corrected chi connectivity index (χ2v) is 7.57. The number of aryl methyl sites for hydroxylation is 1. The summed E-state index contributed by atoms with van der Waals surface area (Å²) in [5, 5.41) is 4.09. The minimum absolute atomic E-state index is 0.111. The molecule has 1 aliphatic rings. The highest BCUT2D eigenvalue weighted by Gasteiger charge is 2.33. The first-order chi connectivity index (χ1) is 14.8. The molecule has 0 saturated carbocycles. The van der Waals surface area contributed by atoms with Crippen LogP contribution >= 0.6 is 0 Å². The van der Waals surface area contributed by atoms with Crippen LogP contribution < -0.4 is 0 Å². The lowest BCUT2D eigenvalue weighted by Crippen LogP contribution is -2.30. The number of aromatic nitrogens is 2. The van der Waals surface area contributed by atoms with Crippen molar-refractivity contribution in [3.63, 3.8) is 0 Å². The van der Waals surface area contributed by atoms with E-state index in [1.165, 1.54) is 5.56 Å². The molecule has 1 amide bonds. The first kappa shape index (κ1) is 20.3. The summed E-state index contributed by atoms with van der Waals surface area (Å²) in [6, 6.07) is 20.1. The van der Waals surface area contributed by atoms with Gasteiger partial charge in [-0.15, -0.1) is 0 Å². The quantitative estimate of drug-likeness (QED) is 0.501. The molecule has 6 nitrogen and oxygen atoms in total. The second kappa shape index (κ2) is 10.2. The van der Waals surface area contributed by atoms with Gasteiger partial charge in [-0.05, 0) is 30.4 Å². The monoisotopic (exact) mass is 405 g/mol. The molecule has 1 aliphatic heterocycles. The van der Waals surface area contributed by atoms with E-state index in [0.29, 0.717) is 37.8 Å². The predicted octanol–water partition coefficient (Wildman–Crippen LogP) is 4.13. The molecule has 6 heteroatoms. The van der Waals surface area contributed by atoms with Crippen molar-refractivity contribution in [2.75, 3.05) is 13.2 Å². The Morgan fingerprint density at radius 1 is 1.03 bits per heavy atom. The molecular weight excluding hydrogens is 378 g/mol. The third-order valence-corrected chi connectivity index (χ3v) is 5.39. The number of rotatable bonds is 9. The van der Waals surface area contributed by atoms with Crippen LogP contribution in [0.2, 0.25) is 0 Å². The second-order valence-electron chi connectivity index (χ2n) is 7.57. The van der Waals surface area contributed by atoms with Gasteiger partial charge in [0, 0.05) is 19.4 Å². The van der Waals surface area contributed by atoms with Gasteiger partial charge in [0.25, 0.3) is 0 Å². The molecule has 0 aliphatic carbocycles. The predicted molar refractivity (Wildman–Crippen MR) is 113 cm³/mol. The molecule has 1 unspecified atom stereocenters. The minimum atomic E-state index is -0.111. The smallest absolute Gasteiger partial charge is 0.249 e. The molecule has 1 aromatic heterocycles. The zero-order chi connectivity index (χ0) is 20.6. The van der Waals surface area contributed by atoms with Gasteiger partial charge in [-0.3, -0.25) is 4.79 Å². The highest BCUT2D eigenvalue weighted by molar-refractivity contribution is 5.77. The molecule has 2 heterocycles. The number of amides is 1. The van der Waals surface area contributed by atoms with Crippen molar-refractivity contribution in [2.24, 2.45) is 0 Å². The molecule has 1 saturated heterocycles. The fraction of sp³-hybridized carbons (Fsp3) is 0.375. The van der Waals surface area contributed by atoms with Gasteiger partial charge in [-0.1, -0.05) is 65.8 Å². The van der Waals surface area contributed by atoms with E-state index in [0.717, 1.165) is 31.4 Å². The maximum atomic E-state index is 12.8. The zero-order valence-corrected chi connectivity index (χ0v) is 17.1. The summed E-state index contributed by atoms with van der Waals surface area (Å²) < 4.78 is 11.2. The van der Waals surface area contributed by atoms with E-state index in [9.17, 15) is 4.79 Å². The third kappa shape index (κ3) is 5.33. The Hall–Kier alpha value is -2.99. The van der Waals surface area contributed by atoms with Crippen LogP contribution in [0.5, 0.6) is 0 Å². The van der Waals surface area contributed by atoms with Gasteiger partial charge in [0.15, 0.2) is 5.82 Å². The van der Waals surface area contributed by atoms with Crippen LogP contribution in [0.15, 0.2) is 65.2 Å². The van der Waals surface area contributed by atoms with Gasteiger partial charge in [0.1, 0.15) is 6.04 Å². The van der Waals surface area contributed by atoms with Crippen molar-refractivity contribution >= 4 is 5.91 Å². The SMILES string of the molecule is O=C(CCc1ccccc1)N1CCCC1c1nc(CCOCc2ccccc2)no1. The van der Waals surface area contributed by atoms with Gasteiger partial charge >= 0.3 is 0 Å². The Labute approximate surface area is 176 Å². The lowest BCUT2D eigenvalue weighted by atomic mass is 10.1. The fourth-order valence-corrected chi connectivity index (χ4v) is 3.79. The van der Waals surface area contributed by atoms with Gasteiger partial charge in [-0.25, -0.2) is 0 Å². The van der Waals surface area contributed by atoms with Crippen LogP contribution in [-0.4, -0.2) is 34.1 Å². The highest BCUT2D eigenvalue weighted by Crippen LogP contribution is 2.31. The first-order valence-electron chi connectivity index (χ1n) is 10.6. The van der Waals surface area contributed by atoms with Gasteiger partial charge in [-0.2, -0.15) is 4.98 Å². The largest absolute Gasteiger partial charge is 0.376 e. The van der Waals surface area contributed by atoms with Crippen LogP contribution in [0.1, 0.15) is 48.1 Å². The first-order valence-corrected chi connectivity index (χ1v) is 10.6. The maximum Gasteiger partial charge on any atom is 0.249 e. The molecule has 0 bridgehead atoms. The number of hydrogen-bond donors (Lipinski definition) is 0. The molecule has 156 valence electrons. The summed E-state index contributed by atoms with van der Waals surface area (Å²) in [6.07, 6.45) is 3.65. The molecule has 3 aromatic rings. The van der Waals surface area contributed by atoms with Gasteiger partial charge in [0.2, 0.25) is 11.8 Å². The average molecular weight is 405 g/mol. The summed E-state index contributed by atoms with van der Waals surface area (Å²) in [4.78, 5) is 19.2. The molecule has 0 radical (unpaired) electrons. The number of hydrogen-bond acceptors (Lipinski definition) is 5. The lowest BCUT2D eigenvalue weighted by Gasteiger charge is -2.21. The molecule has 1 atom stereocenters. The van der Waals surface area contributed by atoms with Crippen LogP contribution in [0.25, 0.3) is 0 Å². The zero-order valence-electron chi connectivity index (χ0n) is 17.1. The van der Waals surface area contributed by atoms with E-state index in [1.807, 2.05) is 53.4 Å². The summed E-state index contributed by atoms with van der Waals surface area (Å²) in [5.41, 5.74) is 2.32. The summed E-state index contributed by atoms with van der Waals surface area (Å²) >= 11 is 0. The Kier molecular flexibility index (Phi) is 6.87. The molecule has 4 rings (SSSR count). The van der Waals surface area contributed by atoms with Crippen LogP contribution in [0.3, 0.4) is 0 Å². The van der Waals surface area contributed by atoms with E-state index in [4.69, 9.17) is 9.26 Å². The van der Waals surface area contributed by atoms with Crippen molar-refractivity contribution < 1.29 is 14.1 Å². The van der Waals surface area contributed by atoms with Gasteiger partial charge in [0.05, 0.1) is 13.2 Å². The van der Waals surface area contributed by atoms with Crippen LogP contribution in [0.4, 0.5) is 0 Å². The lowest BCUT2D eigenvalue weighted by molar-refractivity contribution is -0.132. The normalized spacial score (nSPS) is 16.1. The standard InChI is InChI=1S/C24H27N3O3/c28-23(14-13-19-8-3-1-4-9-19)27-16-7-12-21(27)24-25-22(26-30-24)15-17-29-18-20-10-5-2-6-11-20/h1-6,8-11,21H,7,12-18H2. The number of ether oxygens (including phenoxy) is 1. The van der Waals surface area contributed by atoms with E-state index < -0.39 is 0 Å². The fourth-order valence-electron chi connectivity index (χ4n) is 3.79. The van der Waals surface area contributed by atoms with Crippen molar-refractivity contribution in [1.29, 1.82) is 0 Å². The van der Waals surface area contributed by atoms with E-state index in [-0.39, 0.29) is 11.9 Å².